The Morgan fingerprint density at radius 2 is 2.43 bits per heavy atom. The van der Waals surface area contributed by atoms with E-state index in [0.29, 0.717) is 6.01 Å². The first-order valence-electron chi connectivity index (χ1n) is 4.19. The van der Waals surface area contributed by atoms with E-state index in [9.17, 15) is 0 Å². The van der Waals surface area contributed by atoms with Gasteiger partial charge in [0.1, 0.15) is 6.33 Å². The molecule has 0 radical (unpaired) electrons. The molecule has 5 heteroatoms. The van der Waals surface area contributed by atoms with E-state index in [1.807, 2.05) is 24.3 Å². The highest BCUT2D eigenvalue weighted by atomic mass is 16.5. The highest BCUT2D eigenvalue weighted by Gasteiger charge is 2.05. The van der Waals surface area contributed by atoms with Crippen LogP contribution in [0, 0.1) is 0 Å². The van der Waals surface area contributed by atoms with E-state index in [1.54, 1.807) is 6.26 Å². The SMILES string of the molecule is NC1C=CC=CC1=COc1ncn[nH]1. The zero-order valence-electron chi connectivity index (χ0n) is 7.42. The molecule has 0 bridgehead atoms. The van der Waals surface area contributed by atoms with E-state index in [-0.39, 0.29) is 6.04 Å². The molecule has 1 aromatic heterocycles. The molecule has 0 amide bonds. The Kier molecular flexibility index (Phi) is 2.42. The molecule has 1 aliphatic carbocycles. The van der Waals surface area contributed by atoms with Crippen LogP contribution in [0.2, 0.25) is 0 Å². The number of hydrogen-bond donors (Lipinski definition) is 2. The summed E-state index contributed by atoms with van der Waals surface area (Å²) >= 11 is 0. The lowest BCUT2D eigenvalue weighted by atomic mass is 10.1. The van der Waals surface area contributed by atoms with Crippen LogP contribution >= 0.6 is 0 Å². The van der Waals surface area contributed by atoms with Crippen LogP contribution < -0.4 is 10.5 Å². The average Bonchev–Trinajstić information content (AvgIpc) is 2.69. The fourth-order valence-electron chi connectivity index (χ4n) is 1.07. The monoisotopic (exact) mass is 190 g/mol. The summed E-state index contributed by atoms with van der Waals surface area (Å²) in [4.78, 5) is 3.81. The fourth-order valence-corrected chi connectivity index (χ4v) is 1.07. The van der Waals surface area contributed by atoms with Crippen LogP contribution in [0.4, 0.5) is 0 Å². The maximum absolute atomic E-state index is 5.79. The van der Waals surface area contributed by atoms with Gasteiger partial charge in [0.05, 0.1) is 12.3 Å². The Balaban J connectivity index is 2.04. The molecule has 0 aromatic carbocycles. The molecule has 72 valence electrons. The highest BCUT2D eigenvalue weighted by Crippen LogP contribution is 2.10. The van der Waals surface area contributed by atoms with Crippen molar-refractivity contribution < 1.29 is 4.74 Å². The number of aromatic nitrogens is 3. The topological polar surface area (TPSA) is 76.8 Å². The van der Waals surface area contributed by atoms with Gasteiger partial charge in [0.25, 0.3) is 0 Å². The highest BCUT2D eigenvalue weighted by molar-refractivity contribution is 5.34. The molecule has 0 saturated carbocycles. The van der Waals surface area contributed by atoms with E-state index in [4.69, 9.17) is 10.5 Å². The summed E-state index contributed by atoms with van der Waals surface area (Å²) in [6, 6.07) is 0.232. The van der Waals surface area contributed by atoms with Crippen molar-refractivity contribution in [2.45, 2.75) is 6.04 Å². The molecule has 14 heavy (non-hydrogen) atoms. The number of rotatable bonds is 2. The number of ether oxygens (including phenoxy) is 1. The maximum Gasteiger partial charge on any atom is 0.317 e. The molecule has 0 spiro atoms. The zero-order chi connectivity index (χ0) is 9.80. The Morgan fingerprint density at radius 3 is 3.14 bits per heavy atom. The van der Waals surface area contributed by atoms with Crippen molar-refractivity contribution in [3.63, 3.8) is 0 Å². The van der Waals surface area contributed by atoms with E-state index >= 15 is 0 Å². The van der Waals surface area contributed by atoms with Gasteiger partial charge in [-0.15, -0.1) is 0 Å². The summed E-state index contributed by atoms with van der Waals surface area (Å²) in [5.41, 5.74) is 6.68. The van der Waals surface area contributed by atoms with Crippen LogP contribution in [0.1, 0.15) is 0 Å². The van der Waals surface area contributed by atoms with Crippen molar-refractivity contribution in [3.8, 4) is 6.01 Å². The van der Waals surface area contributed by atoms with Gasteiger partial charge in [-0.05, 0) is 0 Å². The summed E-state index contributed by atoms with van der Waals surface area (Å²) in [5, 5.41) is 6.23. The molecule has 1 heterocycles. The first-order valence-corrected chi connectivity index (χ1v) is 4.19. The Bertz CT molecular complexity index is 378. The molecule has 5 nitrogen and oxygen atoms in total. The molecule has 1 atom stereocenters. The van der Waals surface area contributed by atoms with Crippen LogP contribution in [-0.4, -0.2) is 21.2 Å². The van der Waals surface area contributed by atoms with Gasteiger partial charge in [-0.3, -0.25) is 0 Å². The maximum atomic E-state index is 5.79. The van der Waals surface area contributed by atoms with Gasteiger partial charge >= 0.3 is 6.01 Å². The van der Waals surface area contributed by atoms with Crippen molar-refractivity contribution in [1.82, 2.24) is 15.2 Å². The molecular formula is C9H10N4O. The first kappa shape index (κ1) is 8.71. The Labute approximate surface area is 81.0 Å². The molecular weight excluding hydrogens is 180 g/mol. The van der Waals surface area contributed by atoms with Crippen LogP contribution in [0.3, 0.4) is 0 Å². The lowest BCUT2D eigenvalue weighted by Gasteiger charge is -2.10. The molecule has 3 N–H and O–H groups in total. The van der Waals surface area contributed by atoms with Crippen molar-refractivity contribution in [2.24, 2.45) is 5.73 Å². The fraction of sp³-hybridized carbons (Fsp3) is 0.111. The van der Waals surface area contributed by atoms with Crippen molar-refractivity contribution >= 4 is 0 Å². The van der Waals surface area contributed by atoms with E-state index < -0.39 is 0 Å². The number of hydrogen-bond acceptors (Lipinski definition) is 4. The van der Waals surface area contributed by atoms with Gasteiger partial charge in [0.15, 0.2) is 0 Å². The van der Waals surface area contributed by atoms with Gasteiger partial charge < -0.3 is 10.5 Å². The first-order chi connectivity index (χ1) is 6.86. The second kappa shape index (κ2) is 3.89. The van der Waals surface area contributed by atoms with E-state index in [0.717, 1.165) is 5.57 Å². The van der Waals surface area contributed by atoms with Crippen LogP contribution in [0.5, 0.6) is 6.01 Å². The Morgan fingerprint density at radius 1 is 1.50 bits per heavy atom. The largest absolute Gasteiger partial charge is 0.432 e. The number of nitrogens with zero attached hydrogens (tertiary/aromatic N) is 2. The predicted octanol–water partition coefficient (Wildman–Crippen LogP) is 0.521. The second-order valence-electron chi connectivity index (χ2n) is 2.80. The van der Waals surface area contributed by atoms with Crippen molar-refractivity contribution in [3.05, 3.63) is 42.5 Å². The second-order valence-corrected chi connectivity index (χ2v) is 2.80. The van der Waals surface area contributed by atoms with E-state index in [2.05, 4.69) is 15.2 Å². The molecule has 1 aliphatic rings. The quantitative estimate of drug-likeness (QED) is 0.666. The minimum Gasteiger partial charge on any atom is -0.432 e. The lowest BCUT2D eigenvalue weighted by Crippen LogP contribution is -2.20. The van der Waals surface area contributed by atoms with E-state index in [1.165, 1.54) is 6.33 Å². The smallest absolute Gasteiger partial charge is 0.317 e. The lowest BCUT2D eigenvalue weighted by molar-refractivity contribution is 0.437. The standard InChI is InChI=1S/C9H10N4O/c10-8-4-2-1-3-7(8)5-14-9-11-6-12-13-9/h1-6,8H,10H2,(H,11,12,13). The average molecular weight is 190 g/mol. The molecule has 1 aromatic rings. The molecule has 1 unspecified atom stereocenters. The summed E-state index contributed by atoms with van der Waals surface area (Å²) in [6.45, 7) is 0. The molecule has 0 aliphatic heterocycles. The summed E-state index contributed by atoms with van der Waals surface area (Å²) in [5.74, 6) is 0. The minimum absolute atomic E-state index is 0.122. The summed E-state index contributed by atoms with van der Waals surface area (Å²) < 4.78 is 5.20. The van der Waals surface area contributed by atoms with Crippen LogP contribution in [0.25, 0.3) is 0 Å². The predicted molar refractivity (Wildman–Crippen MR) is 51.3 cm³/mol. The Hall–Kier alpha value is -1.88. The molecule has 0 saturated heterocycles. The number of nitrogens with two attached hydrogens (primary N) is 1. The van der Waals surface area contributed by atoms with Crippen molar-refractivity contribution in [2.75, 3.05) is 0 Å². The third kappa shape index (κ3) is 1.89. The molecule has 2 rings (SSSR count). The zero-order valence-corrected chi connectivity index (χ0v) is 7.42. The number of aromatic amines is 1. The summed E-state index contributed by atoms with van der Waals surface area (Å²) in [7, 11) is 0. The number of nitrogens with one attached hydrogen (secondary N) is 1. The van der Waals surface area contributed by atoms with Crippen LogP contribution in [-0.2, 0) is 0 Å². The third-order valence-corrected chi connectivity index (χ3v) is 1.80. The third-order valence-electron chi connectivity index (χ3n) is 1.80. The van der Waals surface area contributed by atoms with Gasteiger partial charge in [-0.1, -0.05) is 24.3 Å². The van der Waals surface area contributed by atoms with Gasteiger partial charge in [-0.2, -0.15) is 10.1 Å². The molecule has 0 fully saturated rings. The summed E-state index contributed by atoms with van der Waals surface area (Å²) in [6.07, 6.45) is 10.5. The van der Waals surface area contributed by atoms with Crippen molar-refractivity contribution in [1.29, 1.82) is 0 Å². The van der Waals surface area contributed by atoms with Gasteiger partial charge in [-0.25, -0.2) is 5.10 Å². The normalized spacial score (nSPS) is 22.9. The number of H-pyrrole nitrogens is 1. The van der Waals surface area contributed by atoms with Gasteiger partial charge in [0, 0.05) is 5.57 Å². The van der Waals surface area contributed by atoms with Crippen LogP contribution in [0.15, 0.2) is 42.5 Å². The minimum atomic E-state index is -0.122. The number of allylic oxidation sites excluding steroid dienone is 2. The van der Waals surface area contributed by atoms with Gasteiger partial charge in [0.2, 0.25) is 0 Å².